The molecule has 0 atom stereocenters. The number of ether oxygens (including phenoxy) is 2. The molecule has 0 aromatic heterocycles. The molecule has 2 saturated heterocycles. The van der Waals surface area contributed by atoms with Crippen molar-refractivity contribution in [2.75, 3.05) is 26.2 Å². The molecule has 2 radical (unpaired) electrons. The number of piperidine rings is 1. The van der Waals surface area contributed by atoms with Crippen LogP contribution in [0.5, 0.6) is 5.75 Å². The molecule has 0 unspecified atom stereocenters. The van der Waals surface area contributed by atoms with Crippen LogP contribution in [0.1, 0.15) is 57.6 Å². The SMILES string of the molecule is [B]N1CCC2(CCCN2Cc2ccc(C(F)(F)F)cc2OCC(=O)OC(C)(C)C)CC1. The zero-order valence-electron chi connectivity index (χ0n) is 18.4. The van der Waals surface area contributed by atoms with Crippen LogP contribution in [-0.4, -0.2) is 61.0 Å². The Morgan fingerprint density at radius 2 is 1.81 bits per heavy atom. The summed E-state index contributed by atoms with van der Waals surface area (Å²) in [6.45, 7) is 7.65. The number of benzene rings is 1. The topological polar surface area (TPSA) is 42.0 Å². The summed E-state index contributed by atoms with van der Waals surface area (Å²) in [5.74, 6) is -0.553. The maximum atomic E-state index is 13.3. The summed E-state index contributed by atoms with van der Waals surface area (Å²) in [5, 5.41) is 0. The summed E-state index contributed by atoms with van der Waals surface area (Å²) in [7, 11) is 5.92. The van der Waals surface area contributed by atoms with Crippen molar-refractivity contribution in [2.45, 2.75) is 70.3 Å². The number of rotatable bonds is 5. The molecule has 31 heavy (non-hydrogen) atoms. The summed E-state index contributed by atoms with van der Waals surface area (Å²) >= 11 is 0. The van der Waals surface area contributed by atoms with Crippen LogP contribution in [-0.2, 0) is 22.3 Å². The minimum atomic E-state index is -4.49. The second-order valence-electron chi connectivity index (χ2n) is 9.48. The molecule has 1 aromatic rings. The first kappa shape index (κ1) is 23.9. The molecule has 0 saturated carbocycles. The Kier molecular flexibility index (Phi) is 6.96. The third-order valence-corrected chi connectivity index (χ3v) is 5.99. The average molecular weight is 438 g/mol. The van der Waals surface area contributed by atoms with E-state index in [2.05, 4.69) is 4.90 Å². The van der Waals surface area contributed by atoms with Crippen molar-refractivity contribution in [3.05, 3.63) is 29.3 Å². The maximum Gasteiger partial charge on any atom is 0.416 e. The van der Waals surface area contributed by atoms with Crippen molar-refractivity contribution in [3.63, 3.8) is 0 Å². The highest BCUT2D eigenvalue weighted by Crippen LogP contribution is 2.40. The van der Waals surface area contributed by atoms with E-state index in [4.69, 9.17) is 17.5 Å². The van der Waals surface area contributed by atoms with Crippen molar-refractivity contribution in [3.8, 4) is 5.75 Å². The van der Waals surface area contributed by atoms with E-state index in [1.54, 1.807) is 20.8 Å². The first-order valence-corrected chi connectivity index (χ1v) is 10.7. The summed E-state index contributed by atoms with van der Waals surface area (Å²) in [5.41, 5.74) is -0.853. The first-order chi connectivity index (χ1) is 14.4. The van der Waals surface area contributed by atoms with Gasteiger partial charge in [-0.25, -0.2) is 4.79 Å². The van der Waals surface area contributed by atoms with Crippen LogP contribution in [0.2, 0.25) is 0 Å². The predicted octanol–water partition coefficient (Wildman–Crippen LogP) is 3.94. The Morgan fingerprint density at radius 3 is 2.42 bits per heavy atom. The minimum Gasteiger partial charge on any atom is -0.482 e. The van der Waals surface area contributed by atoms with E-state index in [1.165, 1.54) is 6.07 Å². The molecule has 2 aliphatic rings. The molecular formula is C22H30BF3N2O3. The fraction of sp³-hybridized carbons (Fsp3) is 0.682. The molecule has 0 aliphatic carbocycles. The molecule has 170 valence electrons. The molecule has 1 spiro atoms. The van der Waals surface area contributed by atoms with Gasteiger partial charge in [-0.15, -0.1) is 0 Å². The number of likely N-dealkylation sites (tertiary alicyclic amines) is 1. The smallest absolute Gasteiger partial charge is 0.416 e. The van der Waals surface area contributed by atoms with Crippen molar-refractivity contribution < 1.29 is 27.4 Å². The van der Waals surface area contributed by atoms with Crippen LogP contribution in [0.4, 0.5) is 13.2 Å². The van der Waals surface area contributed by atoms with Crippen molar-refractivity contribution in [1.82, 2.24) is 9.71 Å². The van der Waals surface area contributed by atoms with Gasteiger partial charge in [-0.1, -0.05) is 6.07 Å². The normalized spacial score (nSPS) is 20.2. The lowest BCUT2D eigenvalue weighted by molar-refractivity contribution is -0.157. The van der Waals surface area contributed by atoms with Gasteiger partial charge < -0.3 is 14.3 Å². The molecule has 3 rings (SSSR count). The Bertz CT molecular complexity index is 787. The molecule has 9 heteroatoms. The van der Waals surface area contributed by atoms with Crippen LogP contribution in [0, 0.1) is 0 Å². The monoisotopic (exact) mass is 438 g/mol. The quantitative estimate of drug-likeness (QED) is 0.515. The van der Waals surface area contributed by atoms with Crippen molar-refractivity contribution in [1.29, 1.82) is 0 Å². The molecule has 2 aliphatic heterocycles. The molecule has 2 fully saturated rings. The lowest BCUT2D eigenvalue weighted by Gasteiger charge is -2.44. The van der Waals surface area contributed by atoms with Gasteiger partial charge in [0.05, 0.1) is 5.56 Å². The molecule has 0 bridgehead atoms. The fourth-order valence-corrected chi connectivity index (χ4v) is 4.46. The maximum absolute atomic E-state index is 13.3. The summed E-state index contributed by atoms with van der Waals surface area (Å²) < 4.78 is 50.6. The second-order valence-corrected chi connectivity index (χ2v) is 9.48. The molecule has 1 aromatic carbocycles. The van der Waals surface area contributed by atoms with Gasteiger partial charge in [0.25, 0.3) is 0 Å². The lowest BCUT2D eigenvalue weighted by atomic mass is 9.83. The van der Waals surface area contributed by atoms with E-state index >= 15 is 0 Å². The average Bonchev–Trinajstić information content (AvgIpc) is 3.03. The van der Waals surface area contributed by atoms with Crippen LogP contribution < -0.4 is 4.74 Å². The van der Waals surface area contributed by atoms with Gasteiger partial charge in [-0.05, 0) is 78.2 Å². The van der Waals surface area contributed by atoms with Gasteiger partial charge in [-0.3, -0.25) is 4.90 Å². The van der Waals surface area contributed by atoms with Gasteiger partial charge in [0, 0.05) is 17.6 Å². The van der Waals surface area contributed by atoms with Crippen molar-refractivity contribution >= 4 is 14.0 Å². The summed E-state index contributed by atoms with van der Waals surface area (Å²) in [4.78, 5) is 16.2. The van der Waals surface area contributed by atoms with Gasteiger partial charge in [-0.2, -0.15) is 13.2 Å². The Labute approximate surface area is 183 Å². The van der Waals surface area contributed by atoms with E-state index in [1.807, 2.05) is 4.81 Å². The van der Waals surface area contributed by atoms with Crippen LogP contribution in [0.3, 0.4) is 0 Å². The number of halogens is 3. The number of hydrogen-bond acceptors (Lipinski definition) is 5. The summed E-state index contributed by atoms with van der Waals surface area (Å²) in [6.07, 6.45) is -0.545. The van der Waals surface area contributed by atoms with Gasteiger partial charge in [0.1, 0.15) is 11.4 Å². The van der Waals surface area contributed by atoms with E-state index < -0.39 is 29.9 Å². The highest BCUT2D eigenvalue weighted by Gasteiger charge is 2.42. The van der Waals surface area contributed by atoms with E-state index in [0.717, 1.165) is 57.5 Å². The third kappa shape index (κ3) is 6.16. The number of carbonyl (C=O) groups is 1. The first-order valence-electron chi connectivity index (χ1n) is 10.7. The zero-order valence-corrected chi connectivity index (χ0v) is 18.4. The largest absolute Gasteiger partial charge is 0.482 e. The fourth-order valence-electron chi connectivity index (χ4n) is 4.46. The van der Waals surface area contributed by atoms with E-state index in [-0.39, 0.29) is 11.3 Å². The van der Waals surface area contributed by atoms with Gasteiger partial charge in [0.15, 0.2) is 14.6 Å². The molecular weight excluding hydrogens is 408 g/mol. The lowest BCUT2D eigenvalue weighted by Crippen LogP contribution is -2.51. The van der Waals surface area contributed by atoms with Gasteiger partial charge in [0.2, 0.25) is 0 Å². The van der Waals surface area contributed by atoms with Gasteiger partial charge >= 0.3 is 12.1 Å². The Hall–Kier alpha value is -1.74. The zero-order chi connectivity index (χ0) is 22.9. The number of carbonyl (C=O) groups excluding carboxylic acids is 1. The predicted molar refractivity (Wildman–Crippen MR) is 112 cm³/mol. The molecule has 2 heterocycles. The Morgan fingerprint density at radius 1 is 1.13 bits per heavy atom. The summed E-state index contributed by atoms with van der Waals surface area (Å²) in [6, 6.07) is 3.50. The van der Waals surface area contributed by atoms with Crippen LogP contribution >= 0.6 is 0 Å². The highest BCUT2D eigenvalue weighted by atomic mass is 19.4. The molecule has 5 nitrogen and oxygen atoms in total. The molecule has 0 N–H and O–H groups in total. The standard InChI is InChI=1S/C22H30BF3N2O3/c1-20(2,3)31-19(29)15-30-18-13-17(22(24,25)26)6-5-16(18)14-27-10-4-7-21(27)8-11-28(23)12-9-21/h5-6,13H,4,7-12,14-15H2,1-3H3. The number of hydrogen-bond donors (Lipinski definition) is 0. The third-order valence-electron chi connectivity index (χ3n) is 5.99. The second kappa shape index (κ2) is 9.02. The van der Waals surface area contributed by atoms with Crippen molar-refractivity contribution in [2.24, 2.45) is 0 Å². The van der Waals surface area contributed by atoms with Crippen LogP contribution in [0.25, 0.3) is 0 Å². The number of esters is 1. The number of nitrogens with zero attached hydrogens (tertiary/aromatic N) is 2. The highest BCUT2D eigenvalue weighted by molar-refractivity contribution is 6.04. The van der Waals surface area contributed by atoms with E-state index in [0.29, 0.717) is 12.1 Å². The number of alkyl halides is 3. The Balaban J connectivity index is 1.79. The van der Waals surface area contributed by atoms with E-state index in [9.17, 15) is 18.0 Å². The van der Waals surface area contributed by atoms with Crippen LogP contribution in [0.15, 0.2) is 18.2 Å². The minimum absolute atomic E-state index is 0.0149. The molecule has 0 amide bonds.